The van der Waals surface area contributed by atoms with E-state index in [9.17, 15) is 19.5 Å². The average Bonchev–Trinajstić information content (AvgIpc) is 3.22. The third kappa shape index (κ3) is 4.94. The van der Waals surface area contributed by atoms with Gasteiger partial charge in [-0.2, -0.15) is 0 Å². The van der Waals surface area contributed by atoms with Crippen LogP contribution >= 0.6 is 0 Å². The number of nitrogens with zero attached hydrogens (tertiary/aromatic N) is 2. The van der Waals surface area contributed by atoms with Gasteiger partial charge in [0.25, 0.3) is 5.91 Å². The fourth-order valence-corrected chi connectivity index (χ4v) is 5.55. The van der Waals surface area contributed by atoms with Gasteiger partial charge in [0, 0.05) is 31.1 Å². The first-order valence-electron chi connectivity index (χ1n) is 12.6. The lowest BCUT2D eigenvalue weighted by molar-refractivity contribution is -0.00479. The number of aromatic carboxylic acids is 1. The summed E-state index contributed by atoms with van der Waals surface area (Å²) in [6, 6.07) is 23.8. The van der Waals surface area contributed by atoms with E-state index < -0.39 is 11.6 Å². The summed E-state index contributed by atoms with van der Waals surface area (Å²) < 4.78 is 5.89. The van der Waals surface area contributed by atoms with Crippen LogP contribution in [0.3, 0.4) is 0 Å². The Hall–Kier alpha value is -4.13. The van der Waals surface area contributed by atoms with Crippen molar-refractivity contribution in [2.75, 3.05) is 19.6 Å². The van der Waals surface area contributed by atoms with Crippen molar-refractivity contribution in [2.24, 2.45) is 5.92 Å². The monoisotopic (exact) mass is 498 g/mol. The molecule has 2 aliphatic heterocycles. The number of piperidine rings is 1. The molecule has 0 saturated carbocycles. The zero-order chi connectivity index (χ0) is 26.0. The molecule has 0 aliphatic carbocycles. The van der Waals surface area contributed by atoms with Crippen LogP contribution in [0.4, 0.5) is 4.79 Å². The van der Waals surface area contributed by atoms with Gasteiger partial charge in [0.15, 0.2) is 0 Å². The van der Waals surface area contributed by atoms with Crippen molar-refractivity contribution in [3.63, 3.8) is 0 Å². The van der Waals surface area contributed by atoms with Crippen LogP contribution in [-0.2, 0) is 11.3 Å². The predicted molar refractivity (Wildman–Crippen MR) is 139 cm³/mol. The van der Waals surface area contributed by atoms with Crippen LogP contribution in [-0.4, -0.2) is 58.1 Å². The standard InChI is InChI=1S/C30H30N2O5/c1-30(20-32(29(36)37-30)19-21-9-3-2-4-10-21)22-15-17-31(18-16-22)27(33)25-13-7-5-11-23(25)24-12-6-8-14-26(24)28(34)35/h2-14,22H,15-20H2,1H3,(H,34,35)/t30-/m0/s1. The summed E-state index contributed by atoms with van der Waals surface area (Å²) in [5.41, 5.74) is 2.25. The Kier molecular flexibility index (Phi) is 6.70. The van der Waals surface area contributed by atoms with Crippen molar-refractivity contribution in [1.29, 1.82) is 0 Å². The van der Waals surface area contributed by atoms with E-state index in [1.54, 1.807) is 47.4 Å². The topological polar surface area (TPSA) is 87.2 Å². The Bertz CT molecular complexity index is 1320. The normalized spacial score (nSPS) is 20.1. The van der Waals surface area contributed by atoms with E-state index in [4.69, 9.17) is 4.74 Å². The van der Waals surface area contributed by atoms with Crippen molar-refractivity contribution < 1.29 is 24.2 Å². The number of ether oxygens (including phenoxy) is 1. The first-order valence-corrected chi connectivity index (χ1v) is 12.6. The Labute approximate surface area is 216 Å². The zero-order valence-electron chi connectivity index (χ0n) is 20.8. The molecule has 2 saturated heterocycles. The fourth-order valence-electron chi connectivity index (χ4n) is 5.55. The van der Waals surface area contributed by atoms with E-state index in [-0.39, 0.29) is 23.5 Å². The van der Waals surface area contributed by atoms with Gasteiger partial charge in [0.1, 0.15) is 5.60 Å². The Morgan fingerprint density at radius 3 is 2.11 bits per heavy atom. The fraction of sp³-hybridized carbons (Fsp3) is 0.300. The molecule has 1 atom stereocenters. The Balaban J connectivity index is 1.28. The van der Waals surface area contributed by atoms with Gasteiger partial charge in [0.2, 0.25) is 0 Å². The van der Waals surface area contributed by atoms with Crippen LogP contribution in [0.25, 0.3) is 11.1 Å². The molecule has 2 fully saturated rings. The molecule has 2 aliphatic rings. The third-order valence-electron chi connectivity index (χ3n) is 7.55. The summed E-state index contributed by atoms with van der Waals surface area (Å²) >= 11 is 0. The Morgan fingerprint density at radius 1 is 0.892 bits per heavy atom. The van der Waals surface area contributed by atoms with E-state index in [2.05, 4.69) is 0 Å². The van der Waals surface area contributed by atoms with Gasteiger partial charge in [-0.3, -0.25) is 9.69 Å². The number of rotatable bonds is 6. The van der Waals surface area contributed by atoms with Crippen molar-refractivity contribution in [1.82, 2.24) is 9.80 Å². The molecule has 3 aromatic carbocycles. The minimum Gasteiger partial charge on any atom is -0.478 e. The van der Waals surface area contributed by atoms with Crippen molar-refractivity contribution in [3.05, 3.63) is 95.6 Å². The molecule has 7 nitrogen and oxygen atoms in total. The number of hydrogen-bond acceptors (Lipinski definition) is 4. The minimum atomic E-state index is -1.03. The lowest BCUT2D eigenvalue weighted by atomic mass is 9.81. The molecule has 5 rings (SSSR count). The summed E-state index contributed by atoms with van der Waals surface area (Å²) in [7, 11) is 0. The van der Waals surface area contributed by atoms with Crippen molar-refractivity contribution in [3.8, 4) is 11.1 Å². The van der Waals surface area contributed by atoms with Gasteiger partial charge < -0.3 is 14.7 Å². The van der Waals surface area contributed by atoms with E-state index >= 15 is 0 Å². The van der Waals surface area contributed by atoms with Gasteiger partial charge in [-0.15, -0.1) is 0 Å². The van der Waals surface area contributed by atoms with Crippen LogP contribution in [0, 0.1) is 5.92 Å². The number of benzene rings is 3. The number of likely N-dealkylation sites (tertiary alicyclic amines) is 1. The largest absolute Gasteiger partial charge is 0.478 e. The lowest BCUT2D eigenvalue weighted by Crippen LogP contribution is -2.47. The number of carboxylic acids is 1. The first kappa shape index (κ1) is 24.6. The SMILES string of the molecule is C[C@@]1(C2CCN(C(=O)c3ccccc3-c3ccccc3C(=O)O)CC2)CN(Cc2ccccc2)C(=O)O1. The quantitative estimate of drug-likeness (QED) is 0.497. The highest BCUT2D eigenvalue weighted by Crippen LogP contribution is 2.38. The zero-order valence-corrected chi connectivity index (χ0v) is 20.8. The van der Waals surface area contributed by atoms with E-state index in [1.807, 2.05) is 48.2 Å². The highest BCUT2D eigenvalue weighted by Gasteiger charge is 2.48. The second-order valence-electron chi connectivity index (χ2n) is 9.99. The molecule has 0 unspecified atom stereocenters. The molecule has 1 N–H and O–H groups in total. The van der Waals surface area contributed by atoms with Crippen molar-refractivity contribution >= 4 is 18.0 Å². The average molecular weight is 499 g/mol. The summed E-state index contributed by atoms with van der Waals surface area (Å²) in [5.74, 6) is -1.00. The number of carbonyl (C=O) groups excluding carboxylic acids is 2. The molecular formula is C30H30N2O5. The van der Waals surface area contributed by atoms with Gasteiger partial charge >= 0.3 is 12.1 Å². The van der Waals surface area contributed by atoms with Crippen LogP contribution in [0.15, 0.2) is 78.9 Å². The highest BCUT2D eigenvalue weighted by atomic mass is 16.6. The number of cyclic esters (lactones) is 1. The van der Waals surface area contributed by atoms with Crippen molar-refractivity contribution in [2.45, 2.75) is 31.9 Å². The third-order valence-corrected chi connectivity index (χ3v) is 7.55. The molecule has 3 aromatic rings. The minimum absolute atomic E-state index is 0.117. The second kappa shape index (κ2) is 10.1. The molecule has 2 heterocycles. The van der Waals surface area contributed by atoms with Gasteiger partial charge in [-0.1, -0.05) is 66.7 Å². The van der Waals surface area contributed by atoms with Crippen LogP contribution in [0.5, 0.6) is 0 Å². The summed E-state index contributed by atoms with van der Waals surface area (Å²) in [6.45, 7) is 4.12. The van der Waals surface area contributed by atoms with Gasteiger partial charge in [-0.05, 0) is 48.6 Å². The smallest absolute Gasteiger partial charge is 0.410 e. The molecule has 0 spiro atoms. The highest BCUT2D eigenvalue weighted by molar-refractivity contribution is 6.04. The molecule has 0 radical (unpaired) electrons. The molecule has 2 amide bonds. The number of carbonyl (C=O) groups is 3. The number of hydrogen-bond donors (Lipinski definition) is 1. The van der Waals surface area contributed by atoms with Gasteiger partial charge in [-0.25, -0.2) is 9.59 Å². The second-order valence-corrected chi connectivity index (χ2v) is 9.99. The van der Waals surface area contributed by atoms with Crippen LogP contribution in [0.2, 0.25) is 0 Å². The molecule has 0 bridgehead atoms. The van der Waals surface area contributed by atoms with Gasteiger partial charge in [0.05, 0.1) is 12.1 Å². The predicted octanol–water partition coefficient (Wildman–Crippen LogP) is 5.32. The van der Waals surface area contributed by atoms with Crippen LogP contribution < -0.4 is 0 Å². The van der Waals surface area contributed by atoms with E-state index in [0.717, 1.165) is 18.4 Å². The summed E-state index contributed by atoms with van der Waals surface area (Å²) in [5, 5.41) is 9.65. The summed E-state index contributed by atoms with van der Waals surface area (Å²) in [4.78, 5) is 41.6. The molecule has 37 heavy (non-hydrogen) atoms. The lowest BCUT2D eigenvalue weighted by Gasteiger charge is -2.39. The maximum Gasteiger partial charge on any atom is 0.410 e. The maximum atomic E-state index is 13.6. The van der Waals surface area contributed by atoms with E-state index in [0.29, 0.717) is 42.9 Å². The molecule has 0 aromatic heterocycles. The molecule has 190 valence electrons. The summed E-state index contributed by atoms with van der Waals surface area (Å²) in [6.07, 6.45) is 1.15. The number of amides is 2. The maximum absolute atomic E-state index is 13.6. The van der Waals surface area contributed by atoms with Crippen LogP contribution in [0.1, 0.15) is 46.0 Å². The first-order chi connectivity index (χ1) is 17.9. The molecular weight excluding hydrogens is 468 g/mol. The molecule has 7 heteroatoms. The van der Waals surface area contributed by atoms with E-state index in [1.165, 1.54) is 0 Å². The Morgan fingerprint density at radius 2 is 1.46 bits per heavy atom. The number of carboxylic acid groups (broad SMARTS) is 1.